The number of aromatic nitrogens is 1. The SMILES string of the molecule is CC.CC.CSc1ccc(C(=O)Nc2ccnc(C)c2)c(N2CCC3(CC2)CC3)c1. The van der Waals surface area contributed by atoms with Crippen molar-refractivity contribution in [2.75, 3.05) is 29.6 Å². The van der Waals surface area contributed by atoms with Crippen molar-refractivity contribution < 1.29 is 4.79 Å². The average Bonchev–Trinajstić information content (AvgIpc) is 3.55. The molecule has 5 heteroatoms. The van der Waals surface area contributed by atoms with E-state index in [1.807, 2.05) is 58.9 Å². The number of nitrogens with zero attached hydrogens (tertiary/aromatic N) is 2. The lowest BCUT2D eigenvalue weighted by molar-refractivity contribution is 0.102. The summed E-state index contributed by atoms with van der Waals surface area (Å²) >= 11 is 1.72. The van der Waals surface area contributed by atoms with Gasteiger partial charge in [0, 0.05) is 35.6 Å². The van der Waals surface area contributed by atoms with E-state index in [0.717, 1.165) is 35.7 Å². The molecule has 1 amide bonds. The van der Waals surface area contributed by atoms with E-state index in [2.05, 4.69) is 27.5 Å². The number of thioether (sulfide) groups is 1. The first-order valence-electron chi connectivity index (χ1n) is 11.3. The predicted octanol–water partition coefficient (Wildman–Crippen LogP) is 6.80. The second kappa shape index (κ2) is 11.4. The third-order valence-corrected chi connectivity index (χ3v) is 6.45. The van der Waals surface area contributed by atoms with Gasteiger partial charge in [-0.2, -0.15) is 0 Å². The van der Waals surface area contributed by atoms with Crippen LogP contribution in [0.15, 0.2) is 41.4 Å². The molecule has 4 nitrogen and oxygen atoms in total. The number of pyridine rings is 1. The van der Waals surface area contributed by atoms with E-state index in [-0.39, 0.29) is 5.91 Å². The molecular weight excluding hydrogens is 390 g/mol. The highest BCUT2D eigenvalue weighted by molar-refractivity contribution is 7.98. The molecule has 0 radical (unpaired) electrons. The number of carbonyl (C=O) groups excluding carboxylic acids is 1. The highest BCUT2D eigenvalue weighted by Crippen LogP contribution is 2.54. The molecule has 4 rings (SSSR count). The van der Waals surface area contributed by atoms with Crippen molar-refractivity contribution in [1.29, 1.82) is 0 Å². The van der Waals surface area contributed by atoms with Crippen molar-refractivity contribution in [2.45, 2.75) is 65.2 Å². The molecule has 1 spiro atoms. The van der Waals surface area contributed by atoms with Crippen molar-refractivity contribution in [3.63, 3.8) is 0 Å². The Hall–Kier alpha value is -2.01. The number of amides is 1. The molecule has 1 aromatic carbocycles. The molecular formula is C25H37N3OS. The minimum absolute atomic E-state index is 0.0510. The van der Waals surface area contributed by atoms with Gasteiger partial charge in [-0.1, -0.05) is 27.7 Å². The second-order valence-electron chi connectivity index (χ2n) is 7.51. The Morgan fingerprint density at radius 3 is 2.27 bits per heavy atom. The maximum absolute atomic E-state index is 13.0. The van der Waals surface area contributed by atoms with Gasteiger partial charge in [-0.05, 0) is 74.6 Å². The number of piperidine rings is 1. The summed E-state index contributed by atoms with van der Waals surface area (Å²) in [5, 5.41) is 3.03. The Morgan fingerprint density at radius 1 is 1.03 bits per heavy atom. The van der Waals surface area contributed by atoms with Gasteiger partial charge in [-0.3, -0.25) is 9.78 Å². The van der Waals surface area contributed by atoms with Crippen LogP contribution in [0.3, 0.4) is 0 Å². The maximum atomic E-state index is 13.0. The van der Waals surface area contributed by atoms with Crippen LogP contribution >= 0.6 is 11.8 Å². The van der Waals surface area contributed by atoms with Crippen LogP contribution < -0.4 is 10.2 Å². The molecule has 1 aromatic heterocycles. The van der Waals surface area contributed by atoms with Gasteiger partial charge in [0.1, 0.15) is 0 Å². The Kier molecular flexibility index (Phi) is 9.22. The van der Waals surface area contributed by atoms with Crippen LogP contribution in [0.2, 0.25) is 0 Å². The van der Waals surface area contributed by atoms with Crippen LogP contribution in [0, 0.1) is 12.3 Å². The molecule has 1 saturated heterocycles. The standard InChI is InChI=1S/C21H25N3OS.2C2H6/c1-15-13-16(5-10-22-15)23-20(25)18-4-3-17(26-2)14-19(18)24-11-8-21(6-7-21)9-12-24;2*1-2/h3-5,10,13-14H,6-9,11-12H2,1-2H3,(H,22,23,25);2*1-2H3. The van der Waals surface area contributed by atoms with E-state index in [9.17, 15) is 4.79 Å². The fraction of sp³-hybridized carbons (Fsp3) is 0.520. The fourth-order valence-corrected chi connectivity index (χ4v) is 4.25. The van der Waals surface area contributed by atoms with Crippen molar-refractivity contribution in [3.8, 4) is 0 Å². The molecule has 0 bridgehead atoms. The Balaban J connectivity index is 0.000000757. The summed E-state index contributed by atoms with van der Waals surface area (Å²) in [4.78, 5) is 20.7. The normalized spacial score (nSPS) is 16.0. The highest BCUT2D eigenvalue weighted by Gasteiger charge is 2.44. The third kappa shape index (κ3) is 6.00. The van der Waals surface area contributed by atoms with Crippen LogP contribution in [-0.2, 0) is 0 Å². The molecule has 2 aromatic rings. The molecule has 1 aliphatic heterocycles. The third-order valence-electron chi connectivity index (χ3n) is 5.73. The predicted molar refractivity (Wildman–Crippen MR) is 131 cm³/mol. The second-order valence-corrected chi connectivity index (χ2v) is 8.39. The molecule has 0 atom stereocenters. The summed E-state index contributed by atoms with van der Waals surface area (Å²) in [6.45, 7) is 12.0. The lowest BCUT2D eigenvalue weighted by atomic mass is 9.93. The molecule has 2 fully saturated rings. The van der Waals surface area contributed by atoms with Gasteiger partial charge in [0.05, 0.1) is 11.3 Å². The highest BCUT2D eigenvalue weighted by atomic mass is 32.2. The first kappa shape index (κ1) is 24.3. The lowest BCUT2D eigenvalue weighted by Crippen LogP contribution is -2.35. The molecule has 1 N–H and O–H groups in total. The van der Waals surface area contributed by atoms with Crippen LogP contribution in [0.4, 0.5) is 11.4 Å². The van der Waals surface area contributed by atoms with Gasteiger partial charge >= 0.3 is 0 Å². The number of carbonyl (C=O) groups is 1. The largest absolute Gasteiger partial charge is 0.371 e. The van der Waals surface area contributed by atoms with Crippen molar-refractivity contribution in [1.82, 2.24) is 4.98 Å². The minimum atomic E-state index is -0.0510. The summed E-state index contributed by atoms with van der Waals surface area (Å²) in [6, 6.07) is 9.89. The van der Waals surface area contributed by atoms with E-state index in [0.29, 0.717) is 5.41 Å². The number of benzene rings is 1. The van der Waals surface area contributed by atoms with Gasteiger partial charge in [0.25, 0.3) is 5.91 Å². The summed E-state index contributed by atoms with van der Waals surface area (Å²) < 4.78 is 0. The van der Waals surface area contributed by atoms with Crippen molar-refractivity contribution >= 4 is 29.0 Å². The summed E-state index contributed by atoms with van der Waals surface area (Å²) in [7, 11) is 0. The van der Waals surface area contributed by atoms with E-state index >= 15 is 0 Å². The Bertz CT molecular complexity index is 823. The number of rotatable bonds is 4. The van der Waals surface area contributed by atoms with E-state index in [1.54, 1.807) is 18.0 Å². The monoisotopic (exact) mass is 427 g/mol. The van der Waals surface area contributed by atoms with Gasteiger partial charge < -0.3 is 10.2 Å². The fourth-order valence-electron chi connectivity index (χ4n) is 3.81. The zero-order valence-corrected chi connectivity index (χ0v) is 20.2. The number of hydrogen-bond donors (Lipinski definition) is 1. The molecule has 1 saturated carbocycles. The minimum Gasteiger partial charge on any atom is -0.371 e. The molecule has 1 aliphatic carbocycles. The maximum Gasteiger partial charge on any atom is 0.257 e. The van der Waals surface area contributed by atoms with Crippen molar-refractivity contribution in [2.24, 2.45) is 5.41 Å². The van der Waals surface area contributed by atoms with Gasteiger partial charge in [-0.15, -0.1) is 11.8 Å². The van der Waals surface area contributed by atoms with Crippen LogP contribution in [0.1, 0.15) is 69.4 Å². The molecule has 0 unspecified atom stereocenters. The first-order valence-corrected chi connectivity index (χ1v) is 12.5. The first-order chi connectivity index (χ1) is 14.6. The number of hydrogen-bond acceptors (Lipinski definition) is 4. The van der Waals surface area contributed by atoms with Gasteiger partial charge in [0.2, 0.25) is 0 Å². The summed E-state index contributed by atoms with van der Waals surface area (Å²) in [6.07, 6.45) is 9.08. The van der Waals surface area contributed by atoms with E-state index in [1.165, 1.54) is 30.6 Å². The Morgan fingerprint density at radius 2 is 1.70 bits per heavy atom. The number of aryl methyl sites for hydroxylation is 1. The zero-order valence-electron chi connectivity index (χ0n) is 19.4. The van der Waals surface area contributed by atoms with Crippen molar-refractivity contribution in [3.05, 3.63) is 47.8 Å². The van der Waals surface area contributed by atoms with Crippen LogP contribution in [-0.4, -0.2) is 30.2 Å². The number of nitrogens with one attached hydrogen (secondary N) is 1. The van der Waals surface area contributed by atoms with Crippen LogP contribution in [0.5, 0.6) is 0 Å². The van der Waals surface area contributed by atoms with Gasteiger partial charge in [-0.25, -0.2) is 0 Å². The summed E-state index contributed by atoms with van der Waals surface area (Å²) in [5.41, 5.74) is 4.13. The molecule has 2 aliphatic rings. The van der Waals surface area contributed by atoms with Crippen LogP contribution in [0.25, 0.3) is 0 Å². The molecule has 30 heavy (non-hydrogen) atoms. The molecule has 2 heterocycles. The topological polar surface area (TPSA) is 45.2 Å². The van der Waals surface area contributed by atoms with Gasteiger partial charge in [0.15, 0.2) is 0 Å². The average molecular weight is 428 g/mol. The summed E-state index contributed by atoms with van der Waals surface area (Å²) in [5.74, 6) is -0.0510. The zero-order chi connectivity index (χ0) is 22.1. The number of anilines is 2. The molecule has 164 valence electrons. The lowest BCUT2D eigenvalue weighted by Gasteiger charge is -2.35. The van der Waals surface area contributed by atoms with E-state index in [4.69, 9.17) is 0 Å². The van der Waals surface area contributed by atoms with E-state index < -0.39 is 0 Å². The quantitative estimate of drug-likeness (QED) is 0.545. The smallest absolute Gasteiger partial charge is 0.257 e. The Labute approximate surface area is 186 Å².